The molecule has 24 heavy (non-hydrogen) atoms. The molecule has 2 aliphatic rings. The van der Waals surface area contributed by atoms with Gasteiger partial charge in [-0.2, -0.15) is 9.97 Å². The summed E-state index contributed by atoms with van der Waals surface area (Å²) in [4.78, 5) is 12.9. The molecule has 4 atom stereocenters. The maximum atomic E-state index is 10.2. The van der Waals surface area contributed by atoms with E-state index in [-0.39, 0.29) is 17.9 Å². The third-order valence-electron chi connectivity index (χ3n) is 4.44. The van der Waals surface area contributed by atoms with Gasteiger partial charge in [-0.1, -0.05) is 0 Å². The lowest BCUT2D eigenvalue weighted by Gasteiger charge is -2.17. The van der Waals surface area contributed by atoms with E-state index in [0.29, 0.717) is 23.4 Å². The second kappa shape index (κ2) is 6.41. The van der Waals surface area contributed by atoms with Crippen LogP contribution in [-0.4, -0.2) is 67.7 Å². The smallest absolute Gasteiger partial charge is 0.226 e. The normalized spacial score (nSPS) is 30.3. The summed E-state index contributed by atoms with van der Waals surface area (Å²) in [6, 6.07) is 0.261. The zero-order valence-electron chi connectivity index (χ0n) is 12.9. The minimum absolute atomic E-state index is 0.101. The molecule has 2 aliphatic heterocycles. The van der Waals surface area contributed by atoms with Gasteiger partial charge in [0, 0.05) is 19.0 Å². The van der Waals surface area contributed by atoms with E-state index in [4.69, 9.17) is 16.3 Å². The van der Waals surface area contributed by atoms with Crippen molar-refractivity contribution >= 4 is 28.6 Å². The molecule has 130 valence electrons. The van der Waals surface area contributed by atoms with Gasteiger partial charge in [0.05, 0.1) is 19.0 Å². The molecule has 4 rings (SSSR count). The number of aliphatic hydroxyl groups is 2. The maximum absolute atomic E-state index is 10.2. The Morgan fingerprint density at radius 1 is 1.46 bits per heavy atom. The summed E-state index contributed by atoms with van der Waals surface area (Å²) in [5, 5.41) is 26.2. The van der Waals surface area contributed by atoms with Gasteiger partial charge < -0.3 is 25.6 Å². The lowest BCUT2D eigenvalue weighted by molar-refractivity contribution is -0.0486. The average molecular weight is 355 g/mol. The Bertz CT molecular complexity index is 735. The van der Waals surface area contributed by atoms with Crippen molar-refractivity contribution in [2.75, 3.05) is 25.0 Å². The van der Waals surface area contributed by atoms with Gasteiger partial charge in [0.1, 0.15) is 6.10 Å². The van der Waals surface area contributed by atoms with Crippen LogP contribution in [0.3, 0.4) is 0 Å². The van der Waals surface area contributed by atoms with Crippen LogP contribution in [0.2, 0.25) is 5.28 Å². The molecule has 10 heteroatoms. The van der Waals surface area contributed by atoms with Crippen molar-refractivity contribution in [3.8, 4) is 0 Å². The third-order valence-corrected chi connectivity index (χ3v) is 4.61. The van der Waals surface area contributed by atoms with Gasteiger partial charge in [0.2, 0.25) is 5.28 Å². The van der Waals surface area contributed by atoms with E-state index in [2.05, 4.69) is 25.6 Å². The van der Waals surface area contributed by atoms with E-state index in [1.54, 1.807) is 10.9 Å². The molecule has 2 saturated heterocycles. The number of aromatic nitrogens is 4. The Morgan fingerprint density at radius 3 is 3.04 bits per heavy atom. The Hall–Kier alpha value is -1.52. The Morgan fingerprint density at radius 2 is 2.33 bits per heavy atom. The van der Waals surface area contributed by atoms with Crippen molar-refractivity contribution in [2.45, 2.75) is 37.3 Å². The highest BCUT2D eigenvalue weighted by Crippen LogP contribution is 2.32. The number of anilines is 1. The number of rotatable bonds is 4. The van der Waals surface area contributed by atoms with Crippen LogP contribution in [0.1, 0.15) is 19.1 Å². The zero-order valence-corrected chi connectivity index (χ0v) is 13.6. The number of halogens is 1. The molecule has 0 amide bonds. The first kappa shape index (κ1) is 16.0. The fourth-order valence-electron chi connectivity index (χ4n) is 3.25. The largest absolute Gasteiger partial charge is 0.394 e. The molecule has 0 bridgehead atoms. The second-order valence-corrected chi connectivity index (χ2v) is 6.47. The molecule has 2 aromatic rings. The van der Waals surface area contributed by atoms with Crippen LogP contribution in [0, 0.1) is 0 Å². The predicted octanol–water partition coefficient (Wildman–Crippen LogP) is -0.106. The Balaban J connectivity index is 1.69. The fourth-order valence-corrected chi connectivity index (χ4v) is 3.41. The SMILES string of the molecule is OC[C@@H]1C[C@@H](O)[C@H](n2cnc3c(NC4CCNC4)nc(Cl)nc32)O1. The highest BCUT2D eigenvalue weighted by molar-refractivity contribution is 6.28. The maximum Gasteiger partial charge on any atom is 0.226 e. The first-order valence-corrected chi connectivity index (χ1v) is 8.35. The molecule has 4 N–H and O–H groups in total. The number of hydrogen-bond donors (Lipinski definition) is 4. The van der Waals surface area contributed by atoms with Crippen molar-refractivity contribution in [3.05, 3.63) is 11.6 Å². The summed E-state index contributed by atoms with van der Waals surface area (Å²) >= 11 is 6.07. The van der Waals surface area contributed by atoms with Crippen LogP contribution in [0.5, 0.6) is 0 Å². The summed E-state index contributed by atoms with van der Waals surface area (Å²) in [5.74, 6) is 0.573. The number of nitrogens with zero attached hydrogens (tertiary/aromatic N) is 4. The van der Waals surface area contributed by atoms with Crippen LogP contribution in [-0.2, 0) is 4.74 Å². The first-order valence-electron chi connectivity index (χ1n) is 7.97. The molecular weight excluding hydrogens is 336 g/mol. The number of imidazole rings is 1. The van der Waals surface area contributed by atoms with E-state index in [1.165, 1.54) is 0 Å². The van der Waals surface area contributed by atoms with E-state index in [0.717, 1.165) is 19.5 Å². The molecule has 2 aromatic heterocycles. The number of nitrogens with one attached hydrogen (secondary N) is 2. The third kappa shape index (κ3) is 2.82. The molecule has 2 fully saturated rings. The van der Waals surface area contributed by atoms with Gasteiger partial charge in [-0.15, -0.1) is 0 Å². The van der Waals surface area contributed by atoms with Crippen molar-refractivity contribution in [2.24, 2.45) is 0 Å². The van der Waals surface area contributed by atoms with Crippen LogP contribution < -0.4 is 10.6 Å². The summed E-state index contributed by atoms with van der Waals surface area (Å²) in [6.07, 6.45) is 1.11. The summed E-state index contributed by atoms with van der Waals surface area (Å²) < 4.78 is 7.32. The Kier molecular flexibility index (Phi) is 4.27. The lowest BCUT2D eigenvalue weighted by Crippen LogP contribution is -2.23. The summed E-state index contributed by atoms with van der Waals surface area (Å²) in [6.45, 7) is 1.67. The fraction of sp³-hybridized carbons (Fsp3) is 0.643. The van der Waals surface area contributed by atoms with E-state index >= 15 is 0 Å². The van der Waals surface area contributed by atoms with E-state index in [9.17, 15) is 10.2 Å². The van der Waals surface area contributed by atoms with Crippen molar-refractivity contribution in [1.82, 2.24) is 24.8 Å². The van der Waals surface area contributed by atoms with Gasteiger partial charge >= 0.3 is 0 Å². The van der Waals surface area contributed by atoms with Crippen molar-refractivity contribution in [1.29, 1.82) is 0 Å². The van der Waals surface area contributed by atoms with E-state index < -0.39 is 18.4 Å². The van der Waals surface area contributed by atoms with Crippen LogP contribution in [0.4, 0.5) is 5.82 Å². The van der Waals surface area contributed by atoms with Gasteiger partial charge in [-0.3, -0.25) is 4.57 Å². The highest BCUT2D eigenvalue weighted by Gasteiger charge is 2.36. The number of ether oxygens (including phenoxy) is 1. The molecule has 4 heterocycles. The van der Waals surface area contributed by atoms with Crippen LogP contribution >= 0.6 is 11.6 Å². The van der Waals surface area contributed by atoms with E-state index in [1.807, 2.05) is 0 Å². The predicted molar refractivity (Wildman–Crippen MR) is 86.9 cm³/mol. The molecular formula is C14H19ClN6O3. The first-order chi connectivity index (χ1) is 11.7. The van der Waals surface area contributed by atoms with Crippen molar-refractivity contribution < 1.29 is 14.9 Å². The second-order valence-electron chi connectivity index (χ2n) is 6.13. The lowest BCUT2D eigenvalue weighted by atomic mass is 10.2. The molecule has 0 saturated carbocycles. The van der Waals surface area contributed by atoms with Crippen LogP contribution in [0.25, 0.3) is 11.2 Å². The zero-order chi connectivity index (χ0) is 16.7. The molecule has 9 nitrogen and oxygen atoms in total. The molecule has 0 radical (unpaired) electrons. The Labute approximate surface area is 143 Å². The van der Waals surface area contributed by atoms with Gasteiger partial charge in [0.25, 0.3) is 0 Å². The number of fused-ring (bicyclic) bond motifs is 1. The summed E-state index contributed by atoms with van der Waals surface area (Å²) in [5.41, 5.74) is 1.07. The van der Waals surface area contributed by atoms with Gasteiger partial charge in [-0.05, 0) is 24.6 Å². The highest BCUT2D eigenvalue weighted by atomic mass is 35.5. The van der Waals surface area contributed by atoms with Crippen LogP contribution in [0.15, 0.2) is 6.33 Å². The topological polar surface area (TPSA) is 117 Å². The van der Waals surface area contributed by atoms with Gasteiger partial charge in [0.15, 0.2) is 23.2 Å². The monoisotopic (exact) mass is 354 g/mol. The summed E-state index contributed by atoms with van der Waals surface area (Å²) in [7, 11) is 0. The van der Waals surface area contributed by atoms with Crippen molar-refractivity contribution in [3.63, 3.8) is 0 Å². The minimum atomic E-state index is -0.747. The molecule has 0 aromatic carbocycles. The molecule has 0 aliphatic carbocycles. The molecule has 1 unspecified atom stereocenters. The van der Waals surface area contributed by atoms with Gasteiger partial charge in [-0.25, -0.2) is 4.98 Å². The average Bonchev–Trinajstić information content (AvgIpc) is 3.27. The number of hydrogen-bond acceptors (Lipinski definition) is 8. The molecule has 0 spiro atoms. The quantitative estimate of drug-likeness (QED) is 0.562. The standard InChI is InChI=1S/C14H19ClN6O3/c15-14-19-11(18-7-1-2-16-4-7)10-12(20-14)21(6-17-10)13-9(23)3-8(5-22)24-13/h6-9,13,16,22-23H,1-5H2,(H,18,19,20)/t7?,8-,9+,13+/m0/s1. The minimum Gasteiger partial charge on any atom is -0.394 e. The number of aliphatic hydroxyl groups excluding tert-OH is 2.